The molecule has 1 aromatic heterocycles. The van der Waals surface area contributed by atoms with E-state index in [2.05, 4.69) is 5.10 Å². The van der Waals surface area contributed by atoms with Crippen LogP contribution in [0, 0.1) is 11.6 Å². The van der Waals surface area contributed by atoms with Crippen LogP contribution in [0.1, 0.15) is 12.5 Å². The highest BCUT2D eigenvalue weighted by atomic mass is 19.1. The van der Waals surface area contributed by atoms with E-state index in [1.165, 1.54) is 16.8 Å². The van der Waals surface area contributed by atoms with E-state index < -0.39 is 11.6 Å². The van der Waals surface area contributed by atoms with Gasteiger partial charge in [0.05, 0.1) is 11.4 Å². The topological polar surface area (TPSA) is 58.3 Å². The van der Waals surface area contributed by atoms with E-state index in [-0.39, 0.29) is 17.2 Å². The molecule has 0 fully saturated rings. The van der Waals surface area contributed by atoms with Crippen LogP contribution in [0.3, 0.4) is 0 Å². The minimum atomic E-state index is -0.729. The summed E-state index contributed by atoms with van der Waals surface area (Å²) in [5.41, 5.74) is 3.78. The number of nitrogens with zero attached hydrogens (tertiary/aromatic N) is 2. The molecule has 4 rings (SSSR count). The maximum Gasteiger partial charge on any atom is 0.151 e. The van der Waals surface area contributed by atoms with Crippen LogP contribution in [0.4, 0.5) is 8.78 Å². The van der Waals surface area contributed by atoms with Gasteiger partial charge in [-0.1, -0.05) is 6.92 Å². The van der Waals surface area contributed by atoms with E-state index in [1.807, 2.05) is 6.92 Å². The van der Waals surface area contributed by atoms with Crippen molar-refractivity contribution in [3.63, 3.8) is 0 Å². The van der Waals surface area contributed by atoms with Crippen molar-refractivity contribution in [3.05, 3.63) is 83.9 Å². The summed E-state index contributed by atoms with van der Waals surface area (Å²) < 4.78 is 29.5. The van der Waals surface area contributed by atoms with Gasteiger partial charge in [0.1, 0.15) is 23.0 Å². The van der Waals surface area contributed by atoms with Crippen molar-refractivity contribution in [3.8, 4) is 39.7 Å². The second kappa shape index (κ2) is 7.39. The molecular formula is C23H18F2N2O2. The number of rotatable bonds is 4. The smallest absolute Gasteiger partial charge is 0.151 e. The summed E-state index contributed by atoms with van der Waals surface area (Å²) in [5, 5.41) is 23.9. The number of hydrogen-bond donors (Lipinski definition) is 2. The SMILES string of the molecule is CCc1c(-c2ccc(O)cc2)nn(-c2ccc(F)cc2F)c1-c1ccc(O)cc1. The molecule has 0 radical (unpaired) electrons. The van der Waals surface area contributed by atoms with Crippen LogP contribution < -0.4 is 0 Å². The zero-order valence-corrected chi connectivity index (χ0v) is 15.6. The van der Waals surface area contributed by atoms with Gasteiger partial charge < -0.3 is 10.2 Å². The number of benzene rings is 3. The standard InChI is InChI=1S/C23H18F2N2O2/c1-2-19-22(14-3-8-17(28)9-4-14)26-27(21-12-7-16(24)13-20(21)25)23(19)15-5-10-18(29)11-6-15/h3-13,28-29H,2H2,1H3. The Kier molecular flexibility index (Phi) is 4.76. The molecular weight excluding hydrogens is 374 g/mol. The lowest BCUT2D eigenvalue weighted by Crippen LogP contribution is -2.03. The summed E-state index contributed by atoms with van der Waals surface area (Å²) >= 11 is 0. The van der Waals surface area contributed by atoms with Gasteiger partial charge in [0, 0.05) is 22.8 Å². The lowest BCUT2D eigenvalue weighted by Gasteiger charge is -2.11. The number of phenols is 2. The highest BCUT2D eigenvalue weighted by molar-refractivity contribution is 5.76. The Hall–Kier alpha value is -3.67. The summed E-state index contributed by atoms with van der Waals surface area (Å²) in [6.45, 7) is 1.97. The fraction of sp³-hybridized carbons (Fsp3) is 0.0870. The normalized spacial score (nSPS) is 11.0. The summed E-state index contributed by atoms with van der Waals surface area (Å²) in [4.78, 5) is 0. The first kappa shape index (κ1) is 18.7. The number of aromatic nitrogens is 2. The van der Waals surface area contributed by atoms with Crippen molar-refractivity contribution in [2.75, 3.05) is 0 Å². The van der Waals surface area contributed by atoms with Gasteiger partial charge in [0.25, 0.3) is 0 Å². The second-order valence-corrected chi connectivity index (χ2v) is 6.63. The van der Waals surface area contributed by atoms with Gasteiger partial charge >= 0.3 is 0 Å². The minimum absolute atomic E-state index is 0.115. The number of halogens is 2. The molecule has 3 aromatic carbocycles. The van der Waals surface area contributed by atoms with Gasteiger partial charge in [0.15, 0.2) is 5.82 Å². The fourth-order valence-electron chi connectivity index (χ4n) is 3.38. The average molecular weight is 392 g/mol. The predicted molar refractivity (Wildman–Crippen MR) is 107 cm³/mol. The molecule has 0 bridgehead atoms. The van der Waals surface area contributed by atoms with Crippen molar-refractivity contribution in [1.29, 1.82) is 0 Å². The largest absolute Gasteiger partial charge is 0.508 e. The van der Waals surface area contributed by atoms with Crippen LogP contribution in [0.25, 0.3) is 28.2 Å². The van der Waals surface area contributed by atoms with E-state index in [9.17, 15) is 19.0 Å². The molecule has 146 valence electrons. The van der Waals surface area contributed by atoms with E-state index in [0.29, 0.717) is 17.8 Å². The van der Waals surface area contributed by atoms with Crippen LogP contribution in [-0.2, 0) is 6.42 Å². The lowest BCUT2D eigenvalue weighted by molar-refractivity contribution is 0.475. The maximum absolute atomic E-state index is 14.6. The third kappa shape index (κ3) is 3.45. The van der Waals surface area contributed by atoms with Gasteiger partial charge in [-0.05, 0) is 67.1 Å². The Bertz CT molecular complexity index is 1170. The predicted octanol–water partition coefficient (Wildman–Crippen LogP) is 5.46. The quantitative estimate of drug-likeness (QED) is 0.485. The highest BCUT2D eigenvalue weighted by Crippen LogP contribution is 2.36. The first-order valence-corrected chi connectivity index (χ1v) is 9.14. The van der Waals surface area contributed by atoms with Gasteiger partial charge in [0.2, 0.25) is 0 Å². The van der Waals surface area contributed by atoms with E-state index in [1.54, 1.807) is 48.5 Å². The van der Waals surface area contributed by atoms with E-state index in [0.717, 1.165) is 22.8 Å². The monoisotopic (exact) mass is 392 g/mol. The Morgan fingerprint density at radius 2 is 1.41 bits per heavy atom. The van der Waals surface area contributed by atoms with Gasteiger partial charge in [-0.3, -0.25) is 0 Å². The Labute approximate surface area is 166 Å². The van der Waals surface area contributed by atoms with Gasteiger partial charge in [-0.25, -0.2) is 13.5 Å². The molecule has 6 heteroatoms. The first-order valence-electron chi connectivity index (χ1n) is 9.14. The van der Waals surface area contributed by atoms with Gasteiger partial charge in [-0.15, -0.1) is 0 Å². The van der Waals surface area contributed by atoms with Crippen LogP contribution >= 0.6 is 0 Å². The molecule has 0 unspecified atom stereocenters. The molecule has 0 saturated heterocycles. The Morgan fingerprint density at radius 3 is 1.97 bits per heavy atom. The zero-order chi connectivity index (χ0) is 20.5. The van der Waals surface area contributed by atoms with Crippen molar-refractivity contribution < 1.29 is 19.0 Å². The zero-order valence-electron chi connectivity index (χ0n) is 15.6. The van der Waals surface area contributed by atoms with E-state index in [4.69, 9.17) is 0 Å². The molecule has 0 spiro atoms. The molecule has 1 heterocycles. The summed E-state index contributed by atoms with van der Waals surface area (Å²) in [6.07, 6.45) is 0.606. The second-order valence-electron chi connectivity index (χ2n) is 6.63. The molecule has 0 aliphatic heterocycles. The summed E-state index contributed by atoms with van der Waals surface area (Å²) in [6, 6.07) is 16.5. The Balaban J connectivity index is 2.02. The molecule has 4 nitrogen and oxygen atoms in total. The van der Waals surface area contributed by atoms with Crippen LogP contribution in [0.5, 0.6) is 11.5 Å². The Morgan fingerprint density at radius 1 is 0.828 bits per heavy atom. The fourth-order valence-corrected chi connectivity index (χ4v) is 3.38. The molecule has 2 N–H and O–H groups in total. The summed E-state index contributed by atoms with van der Waals surface area (Å²) in [5.74, 6) is -1.15. The van der Waals surface area contributed by atoms with Crippen molar-refractivity contribution in [2.24, 2.45) is 0 Å². The number of hydrogen-bond acceptors (Lipinski definition) is 3. The number of aromatic hydroxyl groups is 2. The third-order valence-corrected chi connectivity index (χ3v) is 4.76. The lowest BCUT2D eigenvalue weighted by atomic mass is 9.99. The molecule has 0 aliphatic rings. The first-order chi connectivity index (χ1) is 14.0. The van der Waals surface area contributed by atoms with Crippen molar-refractivity contribution in [1.82, 2.24) is 9.78 Å². The van der Waals surface area contributed by atoms with Crippen LogP contribution in [-0.4, -0.2) is 20.0 Å². The maximum atomic E-state index is 14.6. The molecule has 29 heavy (non-hydrogen) atoms. The molecule has 4 aromatic rings. The third-order valence-electron chi connectivity index (χ3n) is 4.76. The van der Waals surface area contributed by atoms with Crippen molar-refractivity contribution in [2.45, 2.75) is 13.3 Å². The molecule has 0 atom stereocenters. The average Bonchev–Trinajstić information content (AvgIpc) is 3.08. The minimum Gasteiger partial charge on any atom is -0.508 e. The molecule has 0 aliphatic carbocycles. The molecule has 0 saturated carbocycles. The van der Waals surface area contributed by atoms with Crippen LogP contribution in [0.2, 0.25) is 0 Å². The van der Waals surface area contributed by atoms with Crippen LogP contribution in [0.15, 0.2) is 66.7 Å². The molecule has 0 amide bonds. The van der Waals surface area contributed by atoms with Crippen molar-refractivity contribution >= 4 is 0 Å². The number of phenolic OH excluding ortho intramolecular Hbond substituents is 2. The highest BCUT2D eigenvalue weighted by Gasteiger charge is 2.22. The van der Waals surface area contributed by atoms with E-state index >= 15 is 0 Å². The summed E-state index contributed by atoms with van der Waals surface area (Å²) in [7, 11) is 0. The van der Waals surface area contributed by atoms with Gasteiger partial charge in [-0.2, -0.15) is 5.10 Å².